The van der Waals surface area contributed by atoms with Crippen molar-refractivity contribution in [2.75, 3.05) is 44.2 Å². The Morgan fingerprint density at radius 1 is 0.727 bits per heavy atom. The molecule has 44 heavy (non-hydrogen) atoms. The summed E-state index contributed by atoms with van der Waals surface area (Å²) in [6.45, 7) is 4.79. The Labute approximate surface area is 265 Å². The zero-order valence-corrected chi connectivity index (χ0v) is 25.8. The molecule has 0 spiro atoms. The summed E-state index contributed by atoms with van der Waals surface area (Å²) in [6, 6.07) is 34.1. The Kier molecular flexibility index (Phi) is 9.59. The first kappa shape index (κ1) is 29.9. The van der Waals surface area contributed by atoms with Crippen LogP contribution in [0.4, 0.5) is 5.69 Å². The third kappa shape index (κ3) is 7.15. The van der Waals surface area contributed by atoms with Gasteiger partial charge in [0.05, 0.1) is 11.6 Å². The topological polar surface area (TPSA) is 55.9 Å². The highest BCUT2D eigenvalue weighted by molar-refractivity contribution is 6.30. The molecule has 0 unspecified atom stereocenters. The third-order valence-corrected chi connectivity index (χ3v) is 9.10. The summed E-state index contributed by atoms with van der Waals surface area (Å²) in [6.07, 6.45) is 2.37. The predicted molar refractivity (Wildman–Crippen MR) is 177 cm³/mol. The summed E-state index contributed by atoms with van der Waals surface area (Å²) in [5.41, 5.74) is 6.58. The van der Waals surface area contributed by atoms with Gasteiger partial charge in [-0.3, -0.25) is 14.5 Å². The number of carbonyl (C=O) groups excluding carboxylic acids is 2. The van der Waals surface area contributed by atoms with Crippen LogP contribution in [0.2, 0.25) is 5.02 Å². The summed E-state index contributed by atoms with van der Waals surface area (Å²) in [7, 11) is 0. The maximum Gasteiger partial charge on any atom is 0.253 e. The van der Waals surface area contributed by atoms with Crippen LogP contribution in [0.1, 0.15) is 32.6 Å². The molecule has 6 nitrogen and oxygen atoms in total. The molecular formula is C37H39ClN4O2. The van der Waals surface area contributed by atoms with Crippen LogP contribution in [0.25, 0.3) is 0 Å². The molecule has 226 valence electrons. The van der Waals surface area contributed by atoms with Crippen LogP contribution in [0.3, 0.4) is 0 Å². The van der Waals surface area contributed by atoms with Gasteiger partial charge in [0.15, 0.2) is 0 Å². The number of para-hydroxylation sites is 1. The number of benzene rings is 4. The minimum absolute atomic E-state index is 0.0663. The lowest BCUT2D eigenvalue weighted by Crippen LogP contribution is -2.56. The Morgan fingerprint density at radius 3 is 2.18 bits per heavy atom. The Balaban J connectivity index is 1.12. The normalized spacial score (nSPS) is 15.8. The van der Waals surface area contributed by atoms with E-state index in [1.54, 1.807) is 0 Å². The molecule has 7 heteroatoms. The zero-order valence-electron chi connectivity index (χ0n) is 25.0. The van der Waals surface area contributed by atoms with Gasteiger partial charge in [0.2, 0.25) is 5.91 Å². The number of nitrogens with one attached hydrogen (secondary N) is 1. The average Bonchev–Trinajstić information content (AvgIpc) is 3.08. The van der Waals surface area contributed by atoms with Gasteiger partial charge in [-0.2, -0.15) is 0 Å². The summed E-state index contributed by atoms with van der Waals surface area (Å²) in [4.78, 5) is 34.0. The summed E-state index contributed by atoms with van der Waals surface area (Å²) in [5, 5.41) is 3.79. The number of nitrogens with zero attached hydrogens (tertiary/aromatic N) is 3. The van der Waals surface area contributed by atoms with E-state index in [0.717, 1.165) is 37.2 Å². The second-order valence-corrected chi connectivity index (χ2v) is 12.1. The molecule has 0 saturated carbocycles. The number of piperazine rings is 1. The molecular weight excluding hydrogens is 568 g/mol. The minimum atomic E-state index is -0.251. The highest BCUT2D eigenvalue weighted by Crippen LogP contribution is 2.26. The maximum atomic E-state index is 14.2. The third-order valence-electron chi connectivity index (χ3n) is 8.85. The standard InChI is InChI=1S/C37H39ClN4O2/c38-32-16-14-29(15-17-32)26-35(42-21-19-30-10-4-5-11-31(30)27-42)37(44)41-24-22-40(23-25-41)34-13-7-6-12-33(34)36(43)39-20-18-28-8-2-1-3-9-28/h1-17,35H,18-27H2,(H,39,43)/t35-/m1/s1. The van der Waals surface area contributed by atoms with Gasteiger partial charge >= 0.3 is 0 Å². The summed E-state index contributed by atoms with van der Waals surface area (Å²) >= 11 is 6.17. The number of amides is 2. The number of hydrogen-bond donors (Lipinski definition) is 1. The molecule has 0 aliphatic carbocycles. The van der Waals surface area contributed by atoms with E-state index < -0.39 is 0 Å². The van der Waals surface area contributed by atoms with E-state index in [1.807, 2.05) is 71.6 Å². The molecule has 1 saturated heterocycles. The van der Waals surface area contributed by atoms with Crippen molar-refractivity contribution in [3.63, 3.8) is 0 Å². The fourth-order valence-electron chi connectivity index (χ4n) is 6.38. The number of rotatable bonds is 9. The highest BCUT2D eigenvalue weighted by atomic mass is 35.5. The lowest BCUT2D eigenvalue weighted by molar-refractivity contribution is -0.137. The first-order chi connectivity index (χ1) is 21.5. The summed E-state index contributed by atoms with van der Waals surface area (Å²) in [5.74, 6) is 0.106. The van der Waals surface area contributed by atoms with Gasteiger partial charge in [0, 0.05) is 56.5 Å². The lowest BCUT2D eigenvalue weighted by atomic mass is 9.95. The molecule has 2 amide bonds. The van der Waals surface area contributed by atoms with Gasteiger partial charge in [0.25, 0.3) is 5.91 Å². The van der Waals surface area contributed by atoms with E-state index in [1.165, 1.54) is 16.7 Å². The number of anilines is 1. The van der Waals surface area contributed by atoms with Crippen molar-refractivity contribution < 1.29 is 9.59 Å². The van der Waals surface area contributed by atoms with Crippen molar-refractivity contribution >= 4 is 29.1 Å². The molecule has 4 aromatic rings. The maximum absolute atomic E-state index is 14.2. The second-order valence-electron chi connectivity index (χ2n) is 11.7. The fraction of sp³-hybridized carbons (Fsp3) is 0.297. The van der Waals surface area contributed by atoms with E-state index in [2.05, 4.69) is 51.5 Å². The highest BCUT2D eigenvalue weighted by Gasteiger charge is 2.34. The molecule has 1 fully saturated rings. The van der Waals surface area contributed by atoms with Gasteiger partial charge in [0.1, 0.15) is 0 Å². The molecule has 2 aliphatic rings. The van der Waals surface area contributed by atoms with Crippen molar-refractivity contribution in [3.8, 4) is 0 Å². The molecule has 0 aromatic heterocycles. The Bertz CT molecular complexity index is 1570. The van der Waals surface area contributed by atoms with Crippen LogP contribution in [0, 0.1) is 0 Å². The van der Waals surface area contributed by atoms with Gasteiger partial charge in [-0.1, -0.05) is 90.5 Å². The number of carbonyl (C=O) groups is 2. The van der Waals surface area contributed by atoms with Crippen LogP contribution in [-0.4, -0.2) is 66.9 Å². The van der Waals surface area contributed by atoms with Crippen molar-refractivity contribution in [1.29, 1.82) is 0 Å². The van der Waals surface area contributed by atoms with Crippen molar-refractivity contribution in [3.05, 3.63) is 136 Å². The molecule has 2 heterocycles. The van der Waals surface area contributed by atoms with Gasteiger partial charge < -0.3 is 15.1 Å². The van der Waals surface area contributed by atoms with E-state index in [0.29, 0.717) is 49.7 Å². The van der Waals surface area contributed by atoms with E-state index in [9.17, 15) is 9.59 Å². The molecule has 0 bridgehead atoms. The molecule has 1 N–H and O–H groups in total. The van der Waals surface area contributed by atoms with Crippen LogP contribution >= 0.6 is 11.6 Å². The first-order valence-electron chi connectivity index (χ1n) is 15.6. The molecule has 1 atom stereocenters. The van der Waals surface area contributed by atoms with Crippen LogP contribution in [0.15, 0.2) is 103 Å². The monoisotopic (exact) mass is 606 g/mol. The lowest BCUT2D eigenvalue weighted by Gasteiger charge is -2.41. The van der Waals surface area contributed by atoms with Gasteiger partial charge in [-0.25, -0.2) is 0 Å². The number of hydrogen-bond acceptors (Lipinski definition) is 4. The van der Waals surface area contributed by atoms with Crippen LogP contribution in [-0.2, 0) is 30.6 Å². The van der Waals surface area contributed by atoms with Crippen molar-refractivity contribution in [2.24, 2.45) is 0 Å². The summed E-state index contributed by atoms with van der Waals surface area (Å²) < 4.78 is 0. The predicted octanol–water partition coefficient (Wildman–Crippen LogP) is 5.63. The fourth-order valence-corrected chi connectivity index (χ4v) is 6.51. The Morgan fingerprint density at radius 2 is 1.41 bits per heavy atom. The van der Waals surface area contributed by atoms with E-state index >= 15 is 0 Å². The van der Waals surface area contributed by atoms with E-state index in [-0.39, 0.29) is 17.9 Å². The van der Waals surface area contributed by atoms with E-state index in [4.69, 9.17) is 11.6 Å². The van der Waals surface area contributed by atoms with Crippen LogP contribution in [0.5, 0.6) is 0 Å². The average molecular weight is 607 g/mol. The minimum Gasteiger partial charge on any atom is -0.367 e. The van der Waals surface area contributed by atoms with Gasteiger partial charge in [-0.05, 0) is 65.8 Å². The largest absolute Gasteiger partial charge is 0.367 e. The Hall–Kier alpha value is -4.13. The van der Waals surface area contributed by atoms with Crippen LogP contribution < -0.4 is 10.2 Å². The number of fused-ring (bicyclic) bond motifs is 1. The number of halogens is 1. The zero-order chi connectivity index (χ0) is 30.3. The van der Waals surface area contributed by atoms with Crippen molar-refractivity contribution in [2.45, 2.75) is 31.8 Å². The SMILES string of the molecule is O=C(NCCc1ccccc1)c1ccccc1N1CCN(C(=O)[C@@H](Cc2ccc(Cl)cc2)N2CCc3ccccc3C2)CC1. The van der Waals surface area contributed by atoms with Crippen molar-refractivity contribution in [1.82, 2.24) is 15.1 Å². The molecule has 6 rings (SSSR count). The quantitative estimate of drug-likeness (QED) is 0.268. The smallest absolute Gasteiger partial charge is 0.253 e. The molecule has 4 aromatic carbocycles. The molecule has 0 radical (unpaired) electrons. The van der Waals surface area contributed by atoms with Gasteiger partial charge in [-0.15, -0.1) is 0 Å². The molecule has 2 aliphatic heterocycles. The first-order valence-corrected chi connectivity index (χ1v) is 15.9. The second kappa shape index (κ2) is 14.1.